The fourth-order valence-electron chi connectivity index (χ4n) is 6.30. The predicted octanol–water partition coefficient (Wildman–Crippen LogP) is 4.44. The van der Waals surface area contributed by atoms with Crippen LogP contribution in [0.5, 0.6) is 5.88 Å². The van der Waals surface area contributed by atoms with Crippen LogP contribution in [0.4, 0.5) is 13.2 Å². The summed E-state index contributed by atoms with van der Waals surface area (Å²) in [7, 11) is 0. The number of aromatic amines is 1. The lowest BCUT2D eigenvalue weighted by atomic mass is 9.82. The molecule has 0 atom stereocenters. The molecule has 4 aromatic rings. The van der Waals surface area contributed by atoms with Gasteiger partial charge in [0.2, 0.25) is 5.88 Å². The van der Waals surface area contributed by atoms with E-state index in [1.54, 1.807) is 6.20 Å². The SMILES string of the molecule is N#CCC1(n2cc(-c3ncnc4[nH]ccc34)cn2)CN([C@H]2CC[C@@H](Oc3cc(C(=O)NC4CC4)cc(C(F)(F)F)n3)CC2)C1. The molecule has 2 saturated carbocycles. The maximum atomic E-state index is 13.5. The number of nitriles is 1. The van der Waals surface area contributed by atoms with Crippen molar-refractivity contribution >= 4 is 16.9 Å². The number of likely N-dealkylation sites (tertiary alicyclic amines) is 1. The van der Waals surface area contributed by atoms with Crippen molar-refractivity contribution in [2.45, 2.75) is 74.8 Å². The van der Waals surface area contributed by atoms with Gasteiger partial charge in [0.05, 0.1) is 24.4 Å². The molecule has 4 aromatic heterocycles. The van der Waals surface area contributed by atoms with E-state index in [2.05, 4.69) is 41.3 Å². The van der Waals surface area contributed by atoms with Crippen LogP contribution in [0.1, 0.15) is 61.0 Å². The topological polar surface area (TPSA) is 138 Å². The Morgan fingerprint density at radius 1 is 1.16 bits per heavy atom. The van der Waals surface area contributed by atoms with Gasteiger partial charge in [0.1, 0.15) is 29.3 Å². The molecule has 11 nitrogen and oxygen atoms in total. The molecular weight excluding hydrogens is 575 g/mol. The van der Waals surface area contributed by atoms with Gasteiger partial charge in [-0.3, -0.25) is 14.4 Å². The fraction of sp³-hybridized carbons (Fsp3) is 0.467. The van der Waals surface area contributed by atoms with E-state index < -0.39 is 23.3 Å². The van der Waals surface area contributed by atoms with Crippen LogP contribution in [0.25, 0.3) is 22.3 Å². The number of nitrogens with one attached hydrogen (secondary N) is 2. The first-order chi connectivity index (χ1) is 21.2. The summed E-state index contributed by atoms with van der Waals surface area (Å²) in [6, 6.07) is 6.60. The van der Waals surface area contributed by atoms with E-state index in [4.69, 9.17) is 4.74 Å². The summed E-state index contributed by atoms with van der Waals surface area (Å²) in [5.74, 6) is -0.733. The molecule has 3 aliphatic rings. The monoisotopic (exact) mass is 605 g/mol. The molecule has 228 valence electrons. The van der Waals surface area contributed by atoms with Crippen LogP contribution in [0, 0.1) is 11.3 Å². The molecule has 0 spiro atoms. The standard InChI is InChI=1S/C30H30F3N9O2/c31-30(32,33)24-11-18(28(43)39-20-1-2-20)12-25(40-24)44-22-5-3-21(4-6-22)41-15-29(16-41,8-9-34)42-14-19(13-38-42)26-23-7-10-35-27(23)37-17-36-26/h7,10-14,17,20-22H,1-6,8,15-16H2,(H,39,43)(H,35,36,37)/t21-,22+. The van der Waals surface area contributed by atoms with Gasteiger partial charge in [-0.05, 0) is 50.7 Å². The summed E-state index contributed by atoms with van der Waals surface area (Å²) in [6.07, 6.45) is 6.85. The molecule has 44 heavy (non-hydrogen) atoms. The van der Waals surface area contributed by atoms with Crippen molar-refractivity contribution < 1.29 is 22.7 Å². The van der Waals surface area contributed by atoms with Crippen molar-refractivity contribution in [3.63, 3.8) is 0 Å². The minimum atomic E-state index is -4.70. The smallest absolute Gasteiger partial charge is 0.433 e. The summed E-state index contributed by atoms with van der Waals surface area (Å²) in [4.78, 5) is 30.3. The van der Waals surface area contributed by atoms with Crippen LogP contribution in [0.3, 0.4) is 0 Å². The Balaban J connectivity index is 0.991. The summed E-state index contributed by atoms with van der Waals surface area (Å²) < 4.78 is 48.4. The number of amides is 1. The van der Waals surface area contributed by atoms with Gasteiger partial charge in [-0.15, -0.1) is 0 Å². The maximum Gasteiger partial charge on any atom is 0.433 e. The highest BCUT2D eigenvalue weighted by molar-refractivity contribution is 5.95. The van der Waals surface area contributed by atoms with E-state index in [1.807, 2.05) is 23.1 Å². The average Bonchev–Trinajstić information content (AvgIpc) is 3.44. The predicted molar refractivity (Wildman–Crippen MR) is 151 cm³/mol. The van der Waals surface area contributed by atoms with Gasteiger partial charge in [-0.1, -0.05) is 0 Å². The summed E-state index contributed by atoms with van der Waals surface area (Å²) in [6.45, 7) is 1.33. The number of H-pyrrole nitrogens is 1. The number of hydrogen-bond acceptors (Lipinski definition) is 8. The third kappa shape index (κ3) is 5.47. The molecule has 0 aromatic carbocycles. The molecule has 7 rings (SSSR count). The van der Waals surface area contributed by atoms with Crippen molar-refractivity contribution in [1.29, 1.82) is 5.26 Å². The lowest BCUT2D eigenvalue weighted by Gasteiger charge is -2.53. The molecule has 14 heteroatoms. The molecular formula is C30H30F3N9O2. The second-order valence-electron chi connectivity index (χ2n) is 12.0. The van der Waals surface area contributed by atoms with Crippen molar-refractivity contribution in [2.24, 2.45) is 0 Å². The lowest BCUT2D eigenvalue weighted by Crippen LogP contribution is -2.65. The van der Waals surface area contributed by atoms with E-state index in [1.165, 1.54) is 12.4 Å². The van der Waals surface area contributed by atoms with Crippen molar-refractivity contribution in [2.75, 3.05) is 13.1 Å². The van der Waals surface area contributed by atoms with Crippen LogP contribution >= 0.6 is 0 Å². The highest BCUT2D eigenvalue weighted by Gasteiger charge is 2.48. The first-order valence-electron chi connectivity index (χ1n) is 14.7. The van der Waals surface area contributed by atoms with Gasteiger partial charge in [0.25, 0.3) is 5.91 Å². The van der Waals surface area contributed by atoms with Gasteiger partial charge in [-0.25, -0.2) is 15.0 Å². The Morgan fingerprint density at radius 3 is 2.68 bits per heavy atom. The number of carbonyl (C=O) groups is 1. The molecule has 3 fully saturated rings. The Morgan fingerprint density at radius 2 is 1.95 bits per heavy atom. The van der Waals surface area contributed by atoms with E-state index in [9.17, 15) is 23.2 Å². The molecule has 1 saturated heterocycles. The number of fused-ring (bicyclic) bond motifs is 1. The minimum absolute atomic E-state index is 0.0161. The fourth-order valence-corrected chi connectivity index (χ4v) is 6.30. The van der Waals surface area contributed by atoms with Crippen LogP contribution in [-0.4, -0.2) is 71.8 Å². The molecule has 2 aliphatic carbocycles. The molecule has 0 bridgehead atoms. The van der Waals surface area contributed by atoms with Crippen molar-refractivity contribution in [3.8, 4) is 23.2 Å². The molecule has 0 radical (unpaired) electrons. The molecule has 5 heterocycles. The zero-order chi connectivity index (χ0) is 30.5. The largest absolute Gasteiger partial charge is 0.474 e. The van der Waals surface area contributed by atoms with Crippen LogP contribution in [-0.2, 0) is 11.7 Å². The highest BCUT2D eigenvalue weighted by atomic mass is 19.4. The quantitative estimate of drug-likeness (QED) is 0.301. The third-order valence-electron chi connectivity index (χ3n) is 8.81. The third-order valence-corrected chi connectivity index (χ3v) is 8.81. The minimum Gasteiger partial charge on any atom is -0.474 e. The normalized spacial score (nSPS) is 21.9. The summed E-state index contributed by atoms with van der Waals surface area (Å²) in [5, 5.41) is 17.9. The van der Waals surface area contributed by atoms with Crippen LogP contribution < -0.4 is 10.1 Å². The van der Waals surface area contributed by atoms with E-state index >= 15 is 0 Å². The number of ether oxygens (including phenoxy) is 1. The Kier molecular flexibility index (Phi) is 7.00. The zero-order valence-electron chi connectivity index (χ0n) is 23.7. The number of halogens is 3. The zero-order valence-corrected chi connectivity index (χ0v) is 23.7. The van der Waals surface area contributed by atoms with Gasteiger partial charge in [0, 0.05) is 60.1 Å². The Labute approximate surface area is 250 Å². The van der Waals surface area contributed by atoms with Crippen molar-refractivity contribution in [3.05, 3.63) is 54.4 Å². The van der Waals surface area contributed by atoms with Gasteiger partial charge in [0.15, 0.2) is 0 Å². The summed E-state index contributed by atoms with van der Waals surface area (Å²) in [5.41, 5.74) is 0.669. The van der Waals surface area contributed by atoms with E-state index in [0.29, 0.717) is 32.4 Å². The molecule has 2 N–H and O–H groups in total. The Bertz CT molecular complexity index is 1730. The van der Waals surface area contributed by atoms with E-state index in [0.717, 1.165) is 54.0 Å². The molecule has 0 unspecified atom stereocenters. The Hall–Kier alpha value is -4.51. The number of rotatable bonds is 8. The molecule has 1 amide bonds. The highest BCUT2D eigenvalue weighted by Crippen LogP contribution is 2.39. The maximum absolute atomic E-state index is 13.5. The second-order valence-corrected chi connectivity index (χ2v) is 12.0. The van der Waals surface area contributed by atoms with Crippen LogP contribution in [0.15, 0.2) is 43.1 Å². The summed E-state index contributed by atoms with van der Waals surface area (Å²) >= 11 is 0. The van der Waals surface area contributed by atoms with Crippen molar-refractivity contribution in [1.82, 2.24) is 39.9 Å². The number of aromatic nitrogens is 6. The number of pyridine rings is 1. The lowest BCUT2D eigenvalue weighted by molar-refractivity contribution is -0.141. The first kappa shape index (κ1) is 28.3. The van der Waals surface area contributed by atoms with Gasteiger partial charge >= 0.3 is 6.18 Å². The number of nitrogens with zero attached hydrogens (tertiary/aromatic N) is 7. The number of carbonyl (C=O) groups excluding carboxylic acids is 1. The first-order valence-corrected chi connectivity index (χ1v) is 14.7. The second kappa shape index (κ2) is 10.9. The molecule has 1 aliphatic heterocycles. The van der Waals surface area contributed by atoms with Crippen LogP contribution in [0.2, 0.25) is 0 Å². The van der Waals surface area contributed by atoms with Gasteiger partial charge < -0.3 is 15.0 Å². The number of alkyl halides is 3. The van der Waals surface area contributed by atoms with E-state index in [-0.39, 0.29) is 29.6 Å². The number of hydrogen-bond donors (Lipinski definition) is 2. The van der Waals surface area contributed by atoms with Gasteiger partial charge in [-0.2, -0.15) is 23.5 Å². The average molecular weight is 606 g/mol.